The van der Waals surface area contributed by atoms with Crippen molar-refractivity contribution < 1.29 is 9.90 Å². The largest absolute Gasteiger partial charge is 0.508 e. The topological polar surface area (TPSA) is 40.5 Å². The Kier molecular flexibility index (Phi) is 4.95. The smallest absolute Gasteiger partial charge is 0.222 e. The van der Waals surface area contributed by atoms with Crippen LogP contribution in [0.15, 0.2) is 41.1 Å². The minimum absolute atomic E-state index is 0.00286. The van der Waals surface area contributed by atoms with Crippen LogP contribution in [0.3, 0.4) is 0 Å². The summed E-state index contributed by atoms with van der Waals surface area (Å²) in [7, 11) is 0. The van der Waals surface area contributed by atoms with Gasteiger partial charge in [-0.05, 0) is 64.3 Å². The summed E-state index contributed by atoms with van der Waals surface area (Å²) in [6.07, 6.45) is 2.35. The molecule has 1 aliphatic heterocycles. The number of likely N-dealkylation sites (tertiary alicyclic amines) is 1. The minimum atomic E-state index is 0.00286. The first-order chi connectivity index (χ1) is 11.5. The Balaban J connectivity index is 1.63. The van der Waals surface area contributed by atoms with Gasteiger partial charge in [0.05, 0.1) is 0 Å². The van der Waals surface area contributed by atoms with Crippen LogP contribution in [0.2, 0.25) is 0 Å². The van der Waals surface area contributed by atoms with Gasteiger partial charge in [-0.1, -0.05) is 26.0 Å². The van der Waals surface area contributed by atoms with Crippen molar-refractivity contribution in [2.75, 3.05) is 13.1 Å². The number of hydrogen-bond donors (Lipinski definition) is 1. The molecule has 4 heteroatoms. The number of carbonyl (C=O) groups is 1. The molecule has 1 aliphatic rings. The molecule has 3 rings (SSSR count). The van der Waals surface area contributed by atoms with Crippen molar-refractivity contribution in [3.8, 4) is 5.75 Å². The van der Waals surface area contributed by atoms with Gasteiger partial charge in [-0.15, -0.1) is 0 Å². The van der Waals surface area contributed by atoms with Crippen molar-refractivity contribution in [1.82, 2.24) is 4.90 Å². The molecule has 128 valence electrons. The third-order valence-corrected chi connectivity index (χ3v) is 6.28. The van der Waals surface area contributed by atoms with Gasteiger partial charge in [0, 0.05) is 19.5 Å². The normalized spacial score (nSPS) is 24.1. The van der Waals surface area contributed by atoms with Crippen molar-refractivity contribution in [3.05, 3.63) is 52.2 Å². The number of phenolic OH excluding ortho intramolecular Hbond substituents is 1. The second-order valence-electron chi connectivity index (χ2n) is 7.09. The van der Waals surface area contributed by atoms with E-state index in [0.717, 1.165) is 25.9 Å². The van der Waals surface area contributed by atoms with E-state index in [1.807, 2.05) is 17.0 Å². The molecule has 2 heterocycles. The highest BCUT2D eigenvalue weighted by molar-refractivity contribution is 7.07. The number of amides is 1. The van der Waals surface area contributed by atoms with E-state index >= 15 is 0 Å². The van der Waals surface area contributed by atoms with E-state index in [9.17, 15) is 9.90 Å². The fourth-order valence-corrected chi connectivity index (χ4v) is 4.30. The van der Waals surface area contributed by atoms with Crippen LogP contribution >= 0.6 is 11.3 Å². The summed E-state index contributed by atoms with van der Waals surface area (Å²) < 4.78 is 0. The number of rotatable bonds is 4. The zero-order valence-corrected chi connectivity index (χ0v) is 15.2. The second kappa shape index (κ2) is 6.98. The molecule has 1 N–H and O–H groups in total. The molecule has 1 aromatic heterocycles. The van der Waals surface area contributed by atoms with Crippen LogP contribution < -0.4 is 0 Å². The number of thiophene rings is 1. The lowest BCUT2D eigenvalue weighted by Gasteiger charge is -2.45. The Labute approximate surface area is 147 Å². The van der Waals surface area contributed by atoms with Crippen LogP contribution in [0.4, 0.5) is 0 Å². The van der Waals surface area contributed by atoms with Crippen LogP contribution in [0.1, 0.15) is 37.8 Å². The highest BCUT2D eigenvalue weighted by Crippen LogP contribution is 2.40. The van der Waals surface area contributed by atoms with Gasteiger partial charge < -0.3 is 10.0 Å². The molecule has 3 nitrogen and oxygen atoms in total. The molecule has 0 saturated carbocycles. The maximum atomic E-state index is 12.5. The highest BCUT2D eigenvalue weighted by Gasteiger charge is 2.39. The van der Waals surface area contributed by atoms with Crippen LogP contribution in [0.25, 0.3) is 0 Å². The van der Waals surface area contributed by atoms with Crippen molar-refractivity contribution in [2.45, 2.75) is 38.5 Å². The predicted molar refractivity (Wildman–Crippen MR) is 98.5 cm³/mol. The number of hydrogen-bond acceptors (Lipinski definition) is 3. The summed E-state index contributed by atoms with van der Waals surface area (Å²) in [5.41, 5.74) is 2.42. The summed E-state index contributed by atoms with van der Waals surface area (Å²) in [5, 5.41) is 14.0. The lowest BCUT2D eigenvalue weighted by molar-refractivity contribution is -0.133. The van der Waals surface area contributed by atoms with Gasteiger partial charge in [-0.3, -0.25) is 4.79 Å². The average molecular weight is 343 g/mol. The number of piperidine rings is 1. The number of benzene rings is 1. The number of aryl methyl sites for hydroxylation is 1. The lowest BCUT2D eigenvalue weighted by Crippen LogP contribution is -2.49. The molecular weight excluding hydrogens is 318 g/mol. The fourth-order valence-electron chi connectivity index (χ4n) is 3.60. The Morgan fingerprint density at radius 1 is 1.42 bits per heavy atom. The van der Waals surface area contributed by atoms with Gasteiger partial charge in [-0.25, -0.2) is 0 Å². The molecule has 0 radical (unpaired) electrons. The molecule has 0 unspecified atom stereocenters. The van der Waals surface area contributed by atoms with Gasteiger partial charge in [0.25, 0.3) is 0 Å². The first kappa shape index (κ1) is 17.0. The summed E-state index contributed by atoms with van der Waals surface area (Å²) in [6.45, 7) is 6.04. The second-order valence-corrected chi connectivity index (χ2v) is 7.87. The van der Waals surface area contributed by atoms with E-state index in [1.165, 1.54) is 11.1 Å². The molecule has 1 fully saturated rings. The van der Waals surface area contributed by atoms with E-state index in [2.05, 4.69) is 36.7 Å². The summed E-state index contributed by atoms with van der Waals surface area (Å²) in [6, 6.07) is 9.66. The summed E-state index contributed by atoms with van der Waals surface area (Å²) in [4.78, 5) is 14.5. The number of aromatic hydroxyl groups is 1. The molecular formula is C20H25NO2S. The zero-order chi connectivity index (χ0) is 17.2. The molecule has 2 atom stereocenters. The molecule has 0 spiro atoms. The Morgan fingerprint density at radius 2 is 2.25 bits per heavy atom. The maximum absolute atomic E-state index is 12.5. The number of phenols is 1. The van der Waals surface area contributed by atoms with Crippen LogP contribution in [-0.4, -0.2) is 29.0 Å². The fraction of sp³-hybridized carbons (Fsp3) is 0.450. The van der Waals surface area contributed by atoms with Gasteiger partial charge in [0.1, 0.15) is 5.75 Å². The molecule has 1 amide bonds. The Hall–Kier alpha value is -1.81. The monoisotopic (exact) mass is 343 g/mol. The molecule has 1 aromatic carbocycles. The van der Waals surface area contributed by atoms with E-state index < -0.39 is 0 Å². The zero-order valence-electron chi connectivity index (χ0n) is 14.4. The van der Waals surface area contributed by atoms with E-state index in [0.29, 0.717) is 18.1 Å². The van der Waals surface area contributed by atoms with Crippen LogP contribution in [0, 0.1) is 5.92 Å². The van der Waals surface area contributed by atoms with Gasteiger partial charge in [0.15, 0.2) is 0 Å². The van der Waals surface area contributed by atoms with Crippen molar-refractivity contribution in [1.29, 1.82) is 0 Å². The first-order valence-corrected chi connectivity index (χ1v) is 9.51. The summed E-state index contributed by atoms with van der Waals surface area (Å²) >= 11 is 1.68. The maximum Gasteiger partial charge on any atom is 0.222 e. The molecule has 24 heavy (non-hydrogen) atoms. The molecule has 2 aromatic rings. The standard InChI is InChI=1S/C20H25NO2S/c1-15-13-21(19(23)7-6-16-8-11-24-14-16)10-9-20(15,2)17-4-3-5-18(22)12-17/h3-5,8,11-12,14-15,22H,6-7,9-10,13H2,1-2H3/t15-,20+/m0/s1. The highest BCUT2D eigenvalue weighted by atomic mass is 32.1. The SMILES string of the molecule is C[C@H]1CN(C(=O)CCc2ccsc2)CC[C@@]1(C)c1cccc(O)c1. The van der Waals surface area contributed by atoms with Crippen molar-refractivity contribution in [3.63, 3.8) is 0 Å². The third-order valence-electron chi connectivity index (χ3n) is 5.55. The number of nitrogens with zero attached hydrogens (tertiary/aromatic N) is 1. The van der Waals surface area contributed by atoms with Gasteiger partial charge >= 0.3 is 0 Å². The molecule has 0 aliphatic carbocycles. The van der Waals surface area contributed by atoms with Gasteiger partial charge in [0.2, 0.25) is 5.91 Å². The van der Waals surface area contributed by atoms with E-state index in [-0.39, 0.29) is 11.3 Å². The predicted octanol–water partition coefficient (Wildman–Crippen LogP) is 4.21. The first-order valence-electron chi connectivity index (χ1n) is 8.57. The van der Waals surface area contributed by atoms with Gasteiger partial charge in [-0.2, -0.15) is 11.3 Å². The lowest BCUT2D eigenvalue weighted by atomic mass is 9.68. The minimum Gasteiger partial charge on any atom is -0.508 e. The van der Waals surface area contributed by atoms with Crippen LogP contribution in [0.5, 0.6) is 5.75 Å². The van der Waals surface area contributed by atoms with Crippen LogP contribution in [-0.2, 0) is 16.6 Å². The molecule has 1 saturated heterocycles. The Morgan fingerprint density at radius 3 is 2.92 bits per heavy atom. The van der Waals surface area contributed by atoms with E-state index in [1.54, 1.807) is 17.4 Å². The summed E-state index contributed by atoms with van der Waals surface area (Å²) in [5.74, 6) is 0.930. The third kappa shape index (κ3) is 3.48. The Bertz CT molecular complexity index is 697. The molecule has 0 bridgehead atoms. The van der Waals surface area contributed by atoms with Crippen molar-refractivity contribution in [2.24, 2.45) is 5.92 Å². The quantitative estimate of drug-likeness (QED) is 0.903. The van der Waals surface area contributed by atoms with Crippen molar-refractivity contribution >= 4 is 17.2 Å². The van der Waals surface area contributed by atoms with E-state index in [4.69, 9.17) is 0 Å². The number of carbonyl (C=O) groups excluding carboxylic acids is 1. The average Bonchev–Trinajstić information content (AvgIpc) is 3.08.